The molecule has 4 rings (SSSR count). The molecule has 0 aliphatic rings. The van der Waals surface area contributed by atoms with Crippen LogP contribution in [0.4, 0.5) is 14.5 Å². The SMILES string of the molecule is Cc1noc2nc(-c3ccccc3)cc(C(=O)OCC(=O)Nc3ccccc3OC(F)F)c12. The number of carbonyl (C=O) groups excluding carboxylic acids is 2. The van der Waals surface area contributed by atoms with Crippen LogP contribution in [0.5, 0.6) is 5.75 Å². The number of carbonyl (C=O) groups is 2. The van der Waals surface area contributed by atoms with Gasteiger partial charge in [0, 0.05) is 5.56 Å². The quantitative estimate of drug-likeness (QED) is 0.408. The molecule has 4 aromatic rings. The van der Waals surface area contributed by atoms with Crippen molar-refractivity contribution in [3.05, 3.63) is 71.9 Å². The van der Waals surface area contributed by atoms with Gasteiger partial charge in [-0.05, 0) is 25.1 Å². The number of esters is 1. The van der Waals surface area contributed by atoms with Crippen molar-refractivity contribution in [3.63, 3.8) is 0 Å². The van der Waals surface area contributed by atoms with Gasteiger partial charge in [0.05, 0.1) is 28.0 Å². The highest BCUT2D eigenvalue weighted by molar-refractivity contribution is 6.05. The van der Waals surface area contributed by atoms with E-state index in [2.05, 4.69) is 20.2 Å². The lowest BCUT2D eigenvalue weighted by molar-refractivity contribution is -0.119. The second-order valence-electron chi connectivity index (χ2n) is 6.87. The first-order chi connectivity index (χ1) is 15.9. The van der Waals surface area contributed by atoms with Crippen LogP contribution in [0.25, 0.3) is 22.4 Å². The van der Waals surface area contributed by atoms with Gasteiger partial charge in [-0.3, -0.25) is 4.79 Å². The van der Waals surface area contributed by atoms with Gasteiger partial charge in [-0.25, -0.2) is 9.78 Å². The molecule has 8 nitrogen and oxygen atoms in total. The molecule has 0 aliphatic carbocycles. The Morgan fingerprint density at radius 2 is 1.82 bits per heavy atom. The Labute approximate surface area is 186 Å². The van der Waals surface area contributed by atoms with Crippen LogP contribution < -0.4 is 10.1 Å². The van der Waals surface area contributed by atoms with Crippen molar-refractivity contribution in [3.8, 4) is 17.0 Å². The summed E-state index contributed by atoms with van der Waals surface area (Å²) in [6.45, 7) is -2.06. The number of alkyl halides is 2. The standard InChI is InChI=1S/C23H17F2N3O5/c1-13-20-15(11-17(27-21(20)33-28-13)14-7-3-2-4-8-14)22(30)31-12-19(29)26-16-9-5-6-10-18(16)32-23(24)25/h2-11,23H,12H2,1H3,(H,26,29). The van der Waals surface area contributed by atoms with Crippen LogP contribution in [-0.2, 0) is 9.53 Å². The van der Waals surface area contributed by atoms with E-state index in [1.165, 1.54) is 30.3 Å². The maximum Gasteiger partial charge on any atom is 0.387 e. The summed E-state index contributed by atoms with van der Waals surface area (Å²) in [5.41, 5.74) is 1.96. The fourth-order valence-electron chi connectivity index (χ4n) is 3.18. The zero-order valence-electron chi connectivity index (χ0n) is 17.2. The van der Waals surface area contributed by atoms with Crippen LogP contribution in [0, 0.1) is 6.92 Å². The van der Waals surface area contributed by atoms with Crippen molar-refractivity contribution in [2.24, 2.45) is 0 Å². The number of rotatable bonds is 7. The zero-order chi connectivity index (χ0) is 23.4. The summed E-state index contributed by atoms with van der Waals surface area (Å²) in [7, 11) is 0. The molecule has 1 N–H and O–H groups in total. The van der Waals surface area contributed by atoms with E-state index < -0.39 is 25.1 Å². The normalized spacial score (nSPS) is 10.9. The zero-order valence-corrected chi connectivity index (χ0v) is 17.2. The Morgan fingerprint density at radius 3 is 2.58 bits per heavy atom. The van der Waals surface area contributed by atoms with Crippen molar-refractivity contribution < 1.29 is 32.4 Å². The number of para-hydroxylation sites is 2. The number of hydrogen-bond acceptors (Lipinski definition) is 7. The fraction of sp³-hybridized carbons (Fsp3) is 0.130. The first-order valence-corrected chi connectivity index (χ1v) is 9.75. The van der Waals surface area contributed by atoms with Crippen molar-refractivity contribution in [2.45, 2.75) is 13.5 Å². The number of benzene rings is 2. The molecule has 0 bridgehead atoms. The molecule has 2 aromatic heterocycles. The monoisotopic (exact) mass is 453 g/mol. The van der Waals surface area contributed by atoms with E-state index in [-0.39, 0.29) is 22.7 Å². The summed E-state index contributed by atoms with van der Waals surface area (Å²) in [5, 5.41) is 6.62. The maximum absolute atomic E-state index is 12.8. The van der Waals surface area contributed by atoms with Gasteiger partial charge in [0.2, 0.25) is 0 Å². The first-order valence-electron chi connectivity index (χ1n) is 9.75. The smallest absolute Gasteiger partial charge is 0.387 e. The lowest BCUT2D eigenvalue weighted by atomic mass is 10.1. The van der Waals surface area contributed by atoms with Gasteiger partial charge in [0.1, 0.15) is 5.75 Å². The topological polar surface area (TPSA) is 104 Å². The number of nitrogens with zero attached hydrogens (tertiary/aromatic N) is 2. The number of aromatic nitrogens is 2. The van der Waals surface area contributed by atoms with E-state index >= 15 is 0 Å². The number of nitrogens with one attached hydrogen (secondary N) is 1. The van der Waals surface area contributed by atoms with E-state index in [1.54, 1.807) is 6.92 Å². The molecule has 0 atom stereocenters. The number of aryl methyl sites for hydroxylation is 1. The van der Waals surface area contributed by atoms with E-state index in [9.17, 15) is 18.4 Å². The molecular formula is C23H17F2N3O5. The fourth-order valence-corrected chi connectivity index (χ4v) is 3.18. The summed E-state index contributed by atoms with van der Waals surface area (Å²) >= 11 is 0. The molecule has 2 heterocycles. The Hall–Kier alpha value is -4.34. The molecule has 0 radical (unpaired) electrons. The Balaban J connectivity index is 1.53. The predicted octanol–water partition coefficient (Wildman–Crippen LogP) is 4.60. The minimum absolute atomic E-state index is 0.0198. The number of anilines is 1. The molecule has 0 saturated carbocycles. The highest BCUT2D eigenvalue weighted by Gasteiger charge is 2.21. The number of fused-ring (bicyclic) bond motifs is 1. The number of ether oxygens (including phenoxy) is 2. The van der Waals surface area contributed by atoms with Crippen LogP contribution in [0.2, 0.25) is 0 Å². The molecule has 0 spiro atoms. The van der Waals surface area contributed by atoms with Crippen LogP contribution in [0.15, 0.2) is 65.2 Å². The van der Waals surface area contributed by atoms with E-state index in [0.29, 0.717) is 16.8 Å². The highest BCUT2D eigenvalue weighted by Crippen LogP contribution is 2.28. The minimum Gasteiger partial charge on any atom is -0.452 e. The molecule has 33 heavy (non-hydrogen) atoms. The summed E-state index contributed by atoms with van der Waals surface area (Å²) in [4.78, 5) is 29.5. The van der Waals surface area contributed by atoms with Crippen LogP contribution in [0.3, 0.4) is 0 Å². The summed E-state index contributed by atoms with van der Waals surface area (Å²) in [6, 6.07) is 16.3. The third kappa shape index (κ3) is 4.95. The highest BCUT2D eigenvalue weighted by atomic mass is 19.3. The molecular weight excluding hydrogens is 436 g/mol. The first kappa shape index (κ1) is 21.9. The van der Waals surface area contributed by atoms with Gasteiger partial charge in [-0.15, -0.1) is 0 Å². The van der Waals surface area contributed by atoms with Gasteiger partial charge in [0.25, 0.3) is 11.6 Å². The lowest BCUT2D eigenvalue weighted by Crippen LogP contribution is -2.21. The lowest BCUT2D eigenvalue weighted by Gasteiger charge is -2.12. The molecule has 10 heteroatoms. The number of amides is 1. The molecule has 1 amide bonds. The number of halogens is 2. The van der Waals surface area contributed by atoms with E-state index in [0.717, 1.165) is 5.56 Å². The average molecular weight is 453 g/mol. The Kier molecular flexibility index (Phi) is 6.25. The molecule has 168 valence electrons. The van der Waals surface area contributed by atoms with E-state index in [1.807, 2.05) is 30.3 Å². The van der Waals surface area contributed by atoms with Gasteiger partial charge in [-0.2, -0.15) is 8.78 Å². The summed E-state index contributed by atoms with van der Waals surface area (Å²) in [6.07, 6.45) is 0. The maximum atomic E-state index is 12.8. The van der Waals surface area contributed by atoms with Crippen molar-refractivity contribution in [1.29, 1.82) is 0 Å². The number of hydrogen-bond donors (Lipinski definition) is 1. The Bertz CT molecular complexity index is 1310. The van der Waals surface area contributed by atoms with Gasteiger partial charge in [0.15, 0.2) is 6.61 Å². The van der Waals surface area contributed by atoms with Gasteiger partial charge in [-0.1, -0.05) is 47.6 Å². The van der Waals surface area contributed by atoms with Crippen LogP contribution in [-0.4, -0.2) is 35.2 Å². The average Bonchev–Trinajstić information content (AvgIpc) is 3.19. The Morgan fingerprint density at radius 1 is 1.09 bits per heavy atom. The minimum atomic E-state index is -3.06. The predicted molar refractivity (Wildman–Crippen MR) is 114 cm³/mol. The van der Waals surface area contributed by atoms with Crippen molar-refractivity contribution in [1.82, 2.24) is 10.1 Å². The summed E-state index contributed by atoms with van der Waals surface area (Å²) in [5.74, 6) is -1.74. The second-order valence-corrected chi connectivity index (χ2v) is 6.87. The second kappa shape index (κ2) is 9.43. The third-order valence-corrected chi connectivity index (χ3v) is 4.62. The van der Waals surface area contributed by atoms with Crippen LogP contribution in [0.1, 0.15) is 16.1 Å². The third-order valence-electron chi connectivity index (χ3n) is 4.62. The van der Waals surface area contributed by atoms with Crippen molar-refractivity contribution >= 4 is 28.7 Å². The van der Waals surface area contributed by atoms with Gasteiger partial charge < -0.3 is 19.3 Å². The van der Waals surface area contributed by atoms with Gasteiger partial charge >= 0.3 is 12.6 Å². The summed E-state index contributed by atoms with van der Waals surface area (Å²) < 4.78 is 39.9. The molecule has 0 saturated heterocycles. The molecule has 2 aromatic carbocycles. The largest absolute Gasteiger partial charge is 0.452 e. The molecule has 0 fully saturated rings. The van der Waals surface area contributed by atoms with Crippen molar-refractivity contribution in [2.75, 3.05) is 11.9 Å². The number of pyridine rings is 1. The molecule has 0 aliphatic heterocycles. The van der Waals surface area contributed by atoms with Crippen LogP contribution >= 0.6 is 0 Å². The molecule has 0 unspecified atom stereocenters. The van der Waals surface area contributed by atoms with E-state index in [4.69, 9.17) is 9.26 Å².